The Morgan fingerprint density at radius 1 is 1.05 bits per heavy atom. The number of hydrogen-bond donors (Lipinski definition) is 2. The first kappa shape index (κ1) is 15.7. The summed E-state index contributed by atoms with van der Waals surface area (Å²) in [4.78, 5) is 27.5. The van der Waals surface area contributed by atoms with Crippen LogP contribution in [0.1, 0.15) is 16.7 Å². The Labute approximate surface area is 129 Å². The average molecular weight is 297 g/mol. The molecule has 2 rings (SSSR count). The smallest absolute Gasteiger partial charge is 0.239 e. The fourth-order valence-corrected chi connectivity index (χ4v) is 2.01. The van der Waals surface area contributed by atoms with Gasteiger partial charge in [0.1, 0.15) is 0 Å². The Hall–Kier alpha value is -2.69. The zero-order valence-corrected chi connectivity index (χ0v) is 12.5. The summed E-state index contributed by atoms with van der Waals surface area (Å²) in [5.41, 5.74) is 2.97. The van der Waals surface area contributed by atoms with Crippen molar-refractivity contribution in [3.05, 3.63) is 65.5 Å². The summed E-state index contributed by atoms with van der Waals surface area (Å²) < 4.78 is 0. The zero-order valence-electron chi connectivity index (χ0n) is 12.5. The van der Waals surface area contributed by atoms with Gasteiger partial charge in [0, 0.05) is 18.9 Å². The molecule has 0 atom stereocenters. The van der Waals surface area contributed by atoms with Crippen molar-refractivity contribution >= 4 is 11.8 Å². The summed E-state index contributed by atoms with van der Waals surface area (Å²) in [6, 6.07) is 11.4. The number of amides is 2. The van der Waals surface area contributed by atoms with Gasteiger partial charge < -0.3 is 10.6 Å². The SMILES string of the molecule is Cc1cccc(CC(=O)NCC(=O)NCc2cccnc2)c1. The topological polar surface area (TPSA) is 71.1 Å². The van der Waals surface area contributed by atoms with Crippen LogP contribution in [0, 0.1) is 6.92 Å². The molecule has 0 saturated heterocycles. The van der Waals surface area contributed by atoms with Crippen LogP contribution in [0.25, 0.3) is 0 Å². The highest BCUT2D eigenvalue weighted by Gasteiger charge is 2.06. The van der Waals surface area contributed by atoms with Crippen LogP contribution >= 0.6 is 0 Å². The maximum Gasteiger partial charge on any atom is 0.239 e. The molecule has 0 aliphatic rings. The first-order chi connectivity index (χ1) is 10.6. The number of aryl methyl sites for hydroxylation is 1. The van der Waals surface area contributed by atoms with E-state index >= 15 is 0 Å². The van der Waals surface area contributed by atoms with Crippen LogP contribution in [-0.2, 0) is 22.6 Å². The van der Waals surface area contributed by atoms with Crippen molar-refractivity contribution in [2.24, 2.45) is 0 Å². The molecule has 0 bridgehead atoms. The highest BCUT2D eigenvalue weighted by atomic mass is 16.2. The molecule has 0 aliphatic heterocycles. The minimum Gasteiger partial charge on any atom is -0.350 e. The molecule has 0 aliphatic carbocycles. The summed E-state index contributed by atoms with van der Waals surface area (Å²) in [5.74, 6) is -0.386. The van der Waals surface area contributed by atoms with Gasteiger partial charge in [0.2, 0.25) is 11.8 Å². The Bertz CT molecular complexity index is 641. The summed E-state index contributed by atoms with van der Waals surface area (Å²) in [6.07, 6.45) is 3.64. The van der Waals surface area contributed by atoms with Gasteiger partial charge in [0.05, 0.1) is 13.0 Å². The second-order valence-electron chi connectivity index (χ2n) is 5.08. The lowest BCUT2D eigenvalue weighted by atomic mass is 10.1. The second kappa shape index (κ2) is 7.93. The van der Waals surface area contributed by atoms with E-state index in [4.69, 9.17) is 0 Å². The molecule has 0 fully saturated rings. The number of rotatable bonds is 6. The molecule has 1 aromatic heterocycles. The molecule has 1 heterocycles. The standard InChI is InChI=1S/C17H19N3O2/c1-13-4-2-5-14(8-13)9-16(21)20-12-17(22)19-11-15-6-3-7-18-10-15/h2-8,10H,9,11-12H2,1H3,(H,19,22)(H,20,21). The third-order valence-corrected chi connectivity index (χ3v) is 3.11. The fourth-order valence-electron chi connectivity index (χ4n) is 2.01. The summed E-state index contributed by atoms with van der Waals surface area (Å²) in [7, 11) is 0. The molecular weight excluding hydrogens is 278 g/mol. The Balaban J connectivity index is 1.70. The average Bonchev–Trinajstić information content (AvgIpc) is 2.52. The third-order valence-electron chi connectivity index (χ3n) is 3.11. The van der Waals surface area contributed by atoms with Gasteiger partial charge in [-0.15, -0.1) is 0 Å². The molecule has 1 aromatic carbocycles. The van der Waals surface area contributed by atoms with E-state index in [0.29, 0.717) is 6.54 Å². The minimum absolute atomic E-state index is 0.0229. The fraction of sp³-hybridized carbons (Fsp3) is 0.235. The molecule has 2 aromatic rings. The number of aromatic nitrogens is 1. The number of hydrogen-bond acceptors (Lipinski definition) is 3. The van der Waals surface area contributed by atoms with Crippen LogP contribution in [-0.4, -0.2) is 23.3 Å². The highest BCUT2D eigenvalue weighted by molar-refractivity contribution is 5.85. The Kier molecular flexibility index (Phi) is 5.65. The van der Waals surface area contributed by atoms with Gasteiger partial charge in [-0.05, 0) is 24.1 Å². The number of benzene rings is 1. The molecule has 5 nitrogen and oxygen atoms in total. The molecule has 2 amide bonds. The Morgan fingerprint density at radius 2 is 1.86 bits per heavy atom. The van der Waals surface area contributed by atoms with Crippen molar-refractivity contribution in [1.29, 1.82) is 0 Å². The molecule has 0 saturated carbocycles. The number of carbonyl (C=O) groups excluding carboxylic acids is 2. The maximum absolute atomic E-state index is 11.8. The van der Waals surface area contributed by atoms with Crippen LogP contribution in [0.4, 0.5) is 0 Å². The monoisotopic (exact) mass is 297 g/mol. The second-order valence-corrected chi connectivity index (χ2v) is 5.08. The van der Waals surface area contributed by atoms with Crippen molar-refractivity contribution in [1.82, 2.24) is 15.6 Å². The van der Waals surface area contributed by atoms with Crippen molar-refractivity contribution < 1.29 is 9.59 Å². The van der Waals surface area contributed by atoms with Crippen LogP contribution in [0.5, 0.6) is 0 Å². The molecule has 5 heteroatoms. The van der Waals surface area contributed by atoms with E-state index in [-0.39, 0.29) is 24.8 Å². The van der Waals surface area contributed by atoms with Crippen molar-refractivity contribution in [3.63, 3.8) is 0 Å². The normalized spacial score (nSPS) is 10.0. The molecule has 0 radical (unpaired) electrons. The van der Waals surface area contributed by atoms with Crippen molar-refractivity contribution in [2.45, 2.75) is 19.9 Å². The van der Waals surface area contributed by atoms with E-state index in [0.717, 1.165) is 16.7 Å². The quantitative estimate of drug-likeness (QED) is 0.846. The van der Waals surface area contributed by atoms with E-state index in [1.54, 1.807) is 12.4 Å². The van der Waals surface area contributed by atoms with Gasteiger partial charge in [-0.2, -0.15) is 0 Å². The van der Waals surface area contributed by atoms with E-state index in [9.17, 15) is 9.59 Å². The number of carbonyl (C=O) groups is 2. The summed E-state index contributed by atoms with van der Waals surface area (Å²) >= 11 is 0. The first-order valence-electron chi connectivity index (χ1n) is 7.11. The minimum atomic E-state index is -0.221. The van der Waals surface area contributed by atoms with Crippen LogP contribution in [0.3, 0.4) is 0 Å². The predicted octanol–water partition coefficient (Wildman–Crippen LogP) is 1.37. The summed E-state index contributed by atoms with van der Waals surface area (Å²) in [5, 5.41) is 5.35. The largest absolute Gasteiger partial charge is 0.350 e. The molecule has 22 heavy (non-hydrogen) atoms. The van der Waals surface area contributed by atoms with Crippen LogP contribution < -0.4 is 10.6 Å². The molecule has 0 unspecified atom stereocenters. The third kappa shape index (κ3) is 5.36. The highest BCUT2D eigenvalue weighted by Crippen LogP contribution is 2.04. The van der Waals surface area contributed by atoms with Gasteiger partial charge in [-0.25, -0.2) is 0 Å². The molecule has 114 valence electrons. The van der Waals surface area contributed by atoms with Gasteiger partial charge in [0.15, 0.2) is 0 Å². The molecule has 2 N–H and O–H groups in total. The first-order valence-corrected chi connectivity index (χ1v) is 7.11. The lowest BCUT2D eigenvalue weighted by molar-refractivity contribution is -0.125. The predicted molar refractivity (Wildman–Crippen MR) is 84.0 cm³/mol. The Morgan fingerprint density at radius 3 is 2.59 bits per heavy atom. The number of nitrogens with one attached hydrogen (secondary N) is 2. The van der Waals surface area contributed by atoms with Crippen molar-refractivity contribution in [3.8, 4) is 0 Å². The van der Waals surface area contributed by atoms with E-state index in [1.165, 1.54) is 0 Å². The van der Waals surface area contributed by atoms with E-state index in [1.807, 2.05) is 43.3 Å². The van der Waals surface area contributed by atoms with E-state index in [2.05, 4.69) is 15.6 Å². The van der Waals surface area contributed by atoms with Gasteiger partial charge >= 0.3 is 0 Å². The lowest BCUT2D eigenvalue weighted by Crippen LogP contribution is -2.37. The zero-order chi connectivity index (χ0) is 15.8. The van der Waals surface area contributed by atoms with Crippen molar-refractivity contribution in [2.75, 3.05) is 6.54 Å². The van der Waals surface area contributed by atoms with Gasteiger partial charge in [-0.1, -0.05) is 35.9 Å². The number of nitrogens with zero attached hydrogens (tertiary/aromatic N) is 1. The van der Waals surface area contributed by atoms with E-state index < -0.39 is 0 Å². The van der Waals surface area contributed by atoms with Crippen LogP contribution in [0.15, 0.2) is 48.8 Å². The maximum atomic E-state index is 11.8. The molecule has 0 spiro atoms. The number of pyridine rings is 1. The lowest BCUT2D eigenvalue weighted by Gasteiger charge is -2.07. The van der Waals surface area contributed by atoms with Gasteiger partial charge in [0.25, 0.3) is 0 Å². The van der Waals surface area contributed by atoms with Gasteiger partial charge in [-0.3, -0.25) is 14.6 Å². The van der Waals surface area contributed by atoms with Crippen LogP contribution in [0.2, 0.25) is 0 Å². The molecular formula is C17H19N3O2. The summed E-state index contributed by atoms with van der Waals surface area (Å²) in [6.45, 7) is 2.36.